The van der Waals surface area contributed by atoms with Crippen molar-refractivity contribution in [3.8, 4) is 0 Å². The highest BCUT2D eigenvalue weighted by atomic mass is 35.5. The van der Waals surface area contributed by atoms with Gasteiger partial charge in [-0.15, -0.1) is 0 Å². The highest BCUT2D eigenvalue weighted by Gasteiger charge is 2.20. The summed E-state index contributed by atoms with van der Waals surface area (Å²) in [5.74, 6) is -1.21. The molecule has 1 aromatic heterocycles. The van der Waals surface area contributed by atoms with E-state index in [1.807, 2.05) is 20.8 Å². The van der Waals surface area contributed by atoms with Crippen molar-refractivity contribution in [1.82, 2.24) is 9.29 Å². The number of carbonyl (C=O) groups is 1. The van der Waals surface area contributed by atoms with Gasteiger partial charge in [-0.25, -0.2) is 13.3 Å². The second kappa shape index (κ2) is 7.04. The van der Waals surface area contributed by atoms with Gasteiger partial charge < -0.3 is 9.88 Å². The number of hydrogen-bond acceptors (Lipinski definition) is 2. The van der Waals surface area contributed by atoms with Crippen molar-refractivity contribution < 1.29 is 13.4 Å². The van der Waals surface area contributed by atoms with Crippen LogP contribution < -0.4 is 10.0 Å². The van der Waals surface area contributed by atoms with E-state index in [0.29, 0.717) is 4.90 Å². The van der Waals surface area contributed by atoms with Crippen molar-refractivity contribution in [2.75, 3.05) is 5.32 Å². The van der Waals surface area contributed by atoms with Crippen molar-refractivity contribution in [1.29, 1.82) is 0 Å². The average molecular weight is 372 g/mol. The van der Waals surface area contributed by atoms with E-state index in [1.54, 1.807) is 19.3 Å². The maximum atomic E-state index is 13.9. The fraction of sp³-hybridized carbons (Fsp3) is 0.312. The van der Waals surface area contributed by atoms with E-state index < -0.39 is 22.7 Å². The molecule has 0 aliphatic rings. The first-order valence-corrected chi connectivity index (χ1v) is 8.72. The van der Waals surface area contributed by atoms with Gasteiger partial charge in [-0.3, -0.25) is 4.79 Å². The van der Waals surface area contributed by atoms with Crippen LogP contribution in [0.1, 0.15) is 31.3 Å². The molecule has 1 aromatic carbocycles. The van der Waals surface area contributed by atoms with E-state index in [4.69, 9.17) is 11.6 Å². The van der Waals surface area contributed by atoms with Gasteiger partial charge >= 0.3 is 0 Å². The number of nitrogens with zero attached hydrogens (tertiary/aromatic N) is 1. The monoisotopic (exact) mass is 371 g/mol. The normalized spacial score (nSPS) is 12.9. The minimum absolute atomic E-state index is 0.0100. The highest BCUT2D eigenvalue weighted by molar-refractivity contribution is 7.83. The summed E-state index contributed by atoms with van der Waals surface area (Å²) in [4.78, 5) is 12.8. The topological polar surface area (TPSA) is 63.1 Å². The number of benzene rings is 1. The van der Waals surface area contributed by atoms with Crippen LogP contribution in [0.25, 0.3) is 0 Å². The van der Waals surface area contributed by atoms with Crippen molar-refractivity contribution in [3.63, 3.8) is 0 Å². The zero-order chi connectivity index (χ0) is 18.1. The Kier molecular flexibility index (Phi) is 5.47. The Morgan fingerprint density at radius 1 is 1.33 bits per heavy atom. The molecule has 1 amide bonds. The number of amides is 1. The van der Waals surface area contributed by atoms with E-state index >= 15 is 0 Å². The number of aryl methyl sites for hydroxylation is 1. The maximum Gasteiger partial charge on any atom is 0.272 e. The molecule has 2 rings (SSSR count). The molecule has 8 heteroatoms. The molecule has 0 fully saturated rings. The van der Waals surface area contributed by atoms with Crippen LogP contribution in [0.5, 0.6) is 0 Å². The molecule has 5 nitrogen and oxygen atoms in total. The molecule has 0 saturated heterocycles. The van der Waals surface area contributed by atoms with Gasteiger partial charge in [-0.2, -0.15) is 0 Å². The summed E-state index contributed by atoms with van der Waals surface area (Å²) < 4.78 is 30.6. The lowest BCUT2D eigenvalue weighted by Crippen LogP contribution is -2.36. The van der Waals surface area contributed by atoms with Crippen molar-refractivity contribution in [3.05, 3.63) is 47.0 Å². The Morgan fingerprint density at radius 3 is 2.62 bits per heavy atom. The number of hydrogen-bond donors (Lipinski definition) is 2. The number of nitrogens with one attached hydrogen (secondary N) is 2. The predicted octanol–water partition coefficient (Wildman–Crippen LogP) is 3.48. The summed E-state index contributed by atoms with van der Waals surface area (Å²) in [7, 11) is 0.194. The zero-order valence-corrected chi connectivity index (χ0v) is 15.4. The molecule has 130 valence electrons. The molecule has 0 spiro atoms. The van der Waals surface area contributed by atoms with Crippen LogP contribution in [-0.2, 0) is 18.0 Å². The molecule has 0 bridgehead atoms. The standard InChI is InChI=1S/C16H19ClFN3O2S/c1-16(2,3)20-24(23)10-8-13(21(4)9-10)15(22)19-12-7-5-6-11(17)14(12)18/h5-9,20H,1-4H3,(H,19,22). The summed E-state index contributed by atoms with van der Waals surface area (Å²) in [5, 5.41) is 2.40. The molecule has 0 aliphatic heterocycles. The fourth-order valence-corrected chi connectivity index (χ4v) is 3.31. The molecule has 0 radical (unpaired) electrons. The van der Waals surface area contributed by atoms with E-state index in [9.17, 15) is 13.4 Å². The largest absolute Gasteiger partial charge is 0.345 e. The lowest BCUT2D eigenvalue weighted by Gasteiger charge is -2.18. The number of carbonyl (C=O) groups excluding carboxylic acids is 1. The number of aromatic nitrogens is 1. The first-order chi connectivity index (χ1) is 11.1. The zero-order valence-electron chi connectivity index (χ0n) is 13.8. The molecule has 24 heavy (non-hydrogen) atoms. The molecule has 1 heterocycles. The first kappa shape index (κ1) is 18.6. The van der Waals surface area contributed by atoms with E-state index in [0.717, 1.165) is 0 Å². The molecule has 1 atom stereocenters. The van der Waals surface area contributed by atoms with Gasteiger partial charge in [0.05, 0.1) is 15.6 Å². The Hall–Kier alpha value is -1.70. The van der Waals surface area contributed by atoms with Crippen LogP contribution in [0.3, 0.4) is 0 Å². The third-order valence-corrected chi connectivity index (χ3v) is 4.77. The van der Waals surface area contributed by atoms with Gasteiger partial charge in [-0.1, -0.05) is 17.7 Å². The van der Waals surface area contributed by atoms with Gasteiger partial charge in [0.1, 0.15) is 16.7 Å². The summed E-state index contributed by atoms with van der Waals surface area (Å²) in [6, 6.07) is 5.86. The van der Waals surface area contributed by atoms with Gasteiger partial charge in [0.15, 0.2) is 5.82 Å². The fourth-order valence-electron chi connectivity index (χ4n) is 1.99. The lowest BCUT2D eigenvalue weighted by atomic mass is 10.1. The Bertz CT molecular complexity index is 799. The minimum Gasteiger partial charge on any atom is -0.345 e. The molecular weight excluding hydrogens is 353 g/mol. The van der Waals surface area contributed by atoms with Gasteiger partial charge in [0.2, 0.25) is 0 Å². The summed E-state index contributed by atoms with van der Waals surface area (Å²) in [6.45, 7) is 5.68. The van der Waals surface area contributed by atoms with Crippen LogP contribution in [0, 0.1) is 5.82 Å². The van der Waals surface area contributed by atoms with E-state index in [2.05, 4.69) is 10.0 Å². The smallest absolute Gasteiger partial charge is 0.272 e. The molecule has 1 unspecified atom stereocenters. The van der Waals surface area contributed by atoms with Gasteiger partial charge in [0, 0.05) is 18.8 Å². The van der Waals surface area contributed by atoms with Crippen molar-refractivity contribution in [2.24, 2.45) is 7.05 Å². The molecule has 0 aliphatic carbocycles. The maximum absolute atomic E-state index is 13.9. The Labute approximate surface area is 147 Å². The third-order valence-electron chi connectivity index (χ3n) is 3.03. The predicted molar refractivity (Wildman–Crippen MR) is 94.1 cm³/mol. The number of rotatable bonds is 4. The highest BCUT2D eigenvalue weighted by Crippen LogP contribution is 2.23. The number of halogens is 2. The Morgan fingerprint density at radius 2 is 2.00 bits per heavy atom. The molecule has 2 N–H and O–H groups in total. The molecule has 2 aromatic rings. The SMILES string of the molecule is Cn1cc(S(=O)NC(C)(C)C)cc1C(=O)Nc1cccc(Cl)c1F. The van der Waals surface area contributed by atoms with Crippen LogP contribution >= 0.6 is 11.6 Å². The first-order valence-electron chi connectivity index (χ1n) is 7.20. The summed E-state index contributed by atoms with van der Waals surface area (Å²) in [5.41, 5.74) is -0.0924. The third kappa shape index (κ3) is 4.43. The van der Waals surface area contributed by atoms with Crippen LogP contribution in [0.4, 0.5) is 10.1 Å². The summed E-state index contributed by atoms with van der Waals surface area (Å²) in [6.07, 6.45) is 1.60. The Balaban J connectivity index is 2.22. The molecular formula is C16H19ClFN3O2S. The van der Waals surface area contributed by atoms with E-state index in [1.165, 1.54) is 22.8 Å². The number of anilines is 1. The van der Waals surface area contributed by atoms with Gasteiger partial charge in [0.25, 0.3) is 5.91 Å². The minimum atomic E-state index is -1.46. The quantitative estimate of drug-likeness (QED) is 0.864. The second-order valence-electron chi connectivity index (χ2n) is 6.35. The summed E-state index contributed by atoms with van der Waals surface area (Å²) >= 11 is 5.70. The van der Waals surface area contributed by atoms with Gasteiger partial charge in [-0.05, 0) is 39.0 Å². The lowest BCUT2D eigenvalue weighted by molar-refractivity contribution is 0.101. The van der Waals surface area contributed by atoms with Crippen molar-refractivity contribution in [2.45, 2.75) is 31.2 Å². The average Bonchev–Trinajstić information content (AvgIpc) is 2.84. The van der Waals surface area contributed by atoms with E-state index in [-0.39, 0.29) is 21.9 Å². The van der Waals surface area contributed by atoms with Crippen molar-refractivity contribution >= 4 is 34.2 Å². The molecule has 0 saturated carbocycles. The van der Waals surface area contributed by atoms with Crippen LogP contribution in [0.2, 0.25) is 5.02 Å². The van der Waals surface area contributed by atoms with Crippen LogP contribution in [0.15, 0.2) is 35.4 Å². The van der Waals surface area contributed by atoms with Crippen LogP contribution in [-0.4, -0.2) is 20.2 Å². The second-order valence-corrected chi connectivity index (χ2v) is 7.97.